The van der Waals surface area contributed by atoms with Gasteiger partial charge in [0.15, 0.2) is 0 Å². The standard InChI is InChI=1S/C27H24N6O2S/c1-19-26(17-30-33(19)23-8-3-2-4-9-23)36(34,35)32-14-12-24-21(18-32)11-13-28-27(24)31-22-15-20-7-5-6-10-25(20)29-16-22/h2-11,13,15-17H,12,14,18H2,1H3,(H,28,31). The first-order valence-electron chi connectivity index (χ1n) is 11.7. The number of hydrogen-bond acceptors (Lipinski definition) is 6. The van der Waals surface area contributed by atoms with Crippen molar-refractivity contribution in [2.75, 3.05) is 11.9 Å². The second-order valence-electron chi connectivity index (χ2n) is 8.77. The van der Waals surface area contributed by atoms with Crippen molar-refractivity contribution in [1.29, 1.82) is 0 Å². The zero-order valence-electron chi connectivity index (χ0n) is 19.7. The van der Waals surface area contributed by atoms with Crippen LogP contribution >= 0.6 is 0 Å². The summed E-state index contributed by atoms with van der Waals surface area (Å²) in [7, 11) is -3.72. The monoisotopic (exact) mass is 496 g/mol. The highest BCUT2D eigenvalue weighted by Crippen LogP contribution is 2.31. The smallest absolute Gasteiger partial charge is 0.246 e. The van der Waals surface area contributed by atoms with Crippen molar-refractivity contribution in [3.05, 3.63) is 102 Å². The summed E-state index contributed by atoms with van der Waals surface area (Å²) < 4.78 is 30.4. The third-order valence-corrected chi connectivity index (χ3v) is 8.50. The summed E-state index contributed by atoms with van der Waals surface area (Å²) in [6, 6.07) is 21.4. The van der Waals surface area contributed by atoms with E-state index in [1.165, 1.54) is 10.5 Å². The van der Waals surface area contributed by atoms with Gasteiger partial charge in [-0.25, -0.2) is 18.1 Å². The van der Waals surface area contributed by atoms with Gasteiger partial charge < -0.3 is 5.32 Å². The van der Waals surface area contributed by atoms with Gasteiger partial charge in [-0.05, 0) is 49.2 Å². The molecule has 36 heavy (non-hydrogen) atoms. The van der Waals surface area contributed by atoms with Gasteiger partial charge >= 0.3 is 0 Å². The molecule has 8 nitrogen and oxygen atoms in total. The number of fused-ring (bicyclic) bond motifs is 2. The molecule has 0 aliphatic carbocycles. The van der Waals surface area contributed by atoms with E-state index in [0.29, 0.717) is 18.7 Å². The van der Waals surface area contributed by atoms with Gasteiger partial charge in [-0.3, -0.25) is 4.98 Å². The second kappa shape index (κ2) is 8.85. The molecule has 1 aliphatic rings. The molecule has 2 aromatic carbocycles. The summed E-state index contributed by atoms with van der Waals surface area (Å²) in [5.74, 6) is 0.731. The fourth-order valence-corrected chi connectivity index (χ4v) is 6.23. The number of nitrogens with one attached hydrogen (secondary N) is 1. The van der Waals surface area contributed by atoms with Crippen LogP contribution < -0.4 is 5.32 Å². The molecule has 9 heteroatoms. The Morgan fingerprint density at radius 1 is 0.944 bits per heavy atom. The molecule has 0 fully saturated rings. The van der Waals surface area contributed by atoms with Gasteiger partial charge in [-0.2, -0.15) is 9.40 Å². The molecule has 6 rings (SSSR count). The summed E-state index contributed by atoms with van der Waals surface area (Å²) in [4.78, 5) is 9.28. The molecule has 0 saturated carbocycles. The molecule has 0 saturated heterocycles. The van der Waals surface area contributed by atoms with E-state index < -0.39 is 10.0 Å². The molecule has 5 aromatic rings. The molecule has 0 spiro atoms. The average Bonchev–Trinajstić information content (AvgIpc) is 3.31. The molecule has 1 N–H and O–H groups in total. The van der Waals surface area contributed by atoms with Gasteiger partial charge in [-0.1, -0.05) is 36.4 Å². The Kier molecular flexibility index (Phi) is 5.50. The first kappa shape index (κ1) is 22.4. The molecular formula is C27H24N6O2S. The lowest BCUT2D eigenvalue weighted by atomic mass is 10.0. The summed E-state index contributed by atoms with van der Waals surface area (Å²) in [6.45, 7) is 2.43. The SMILES string of the molecule is Cc1c(S(=O)(=O)N2CCc3c(ccnc3Nc3cnc4ccccc4c3)C2)cnn1-c1ccccc1. The molecule has 1 aliphatic heterocycles. The molecule has 0 bridgehead atoms. The summed E-state index contributed by atoms with van der Waals surface area (Å²) in [6.07, 6.45) is 5.50. The first-order chi connectivity index (χ1) is 17.5. The fourth-order valence-electron chi connectivity index (χ4n) is 4.67. The predicted molar refractivity (Wildman–Crippen MR) is 139 cm³/mol. The number of benzene rings is 2. The number of rotatable bonds is 5. The minimum absolute atomic E-state index is 0.226. The highest BCUT2D eigenvalue weighted by molar-refractivity contribution is 7.89. The topological polar surface area (TPSA) is 93.0 Å². The molecule has 4 heterocycles. The number of pyridine rings is 2. The largest absolute Gasteiger partial charge is 0.339 e. The van der Waals surface area contributed by atoms with Crippen molar-refractivity contribution in [2.45, 2.75) is 24.8 Å². The number of nitrogens with zero attached hydrogens (tertiary/aromatic N) is 5. The van der Waals surface area contributed by atoms with E-state index in [1.807, 2.05) is 66.7 Å². The minimum Gasteiger partial charge on any atom is -0.339 e. The van der Waals surface area contributed by atoms with E-state index in [0.717, 1.165) is 39.2 Å². The molecule has 3 aromatic heterocycles. The average molecular weight is 497 g/mol. The number of para-hydroxylation sites is 2. The van der Waals surface area contributed by atoms with Crippen LogP contribution in [0.15, 0.2) is 90.2 Å². The first-order valence-corrected chi connectivity index (χ1v) is 13.1. The van der Waals surface area contributed by atoms with Crippen LogP contribution in [0.25, 0.3) is 16.6 Å². The van der Waals surface area contributed by atoms with Crippen molar-refractivity contribution in [2.24, 2.45) is 0 Å². The van der Waals surface area contributed by atoms with Gasteiger partial charge in [-0.15, -0.1) is 0 Å². The minimum atomic E-state index is -3.72. The van der Waals surface area contributed by atoms with Crippen LogP contribution in [0.3, 0.4) is 0 Å². The molecule has 0 atom stereocenters. The predicted octanol–water partition coefficient (Wildman–Crippen LogP) is 4.61. The third-order valence-electron chi connectivity index (χ3n) is 6.55. The van der Waals surface area contributed by atoms with Gasteiger partial charge in [0.1, 0.15) is 10.7 Å². The van der Waals surface area contributed by atoms with E-state index in [2.05, 4.69) is 20.4 Å². The van der Waals surface area contributed by atoms with Crippen molar-refractivity contribution in [1.82, 2.24) is 24.1 Å². The molecule has 0 unspecified atom stereocenters. The number of anilines is 2. The Balaban J connectivity index is 1.27. The Hall–Kier alpha value is -4.08. The van der Waals surface area contributed by atoms with E-state index >= 15 is 0 Å². The maximum absolute atomic E-state index is 13.6. The summed E-state index contributed by atoms with van der Waals surface area (Å²) in [5.41, 5.74) is 5.14. The summed E-state index contributed by atoms with van der Waals surface area (Å²) in [5, 5.41) is 8.78. The number of hydrogen-bond donors (Lipinski definition) is 1. The van der Waals surface area contributed by atoms with Gasteiger partial charge in [0.2, 0.25) is 10.0 Å². The van der Waals surface area contributed by atoms with Crippen LogP contribution in [0.4, 0.5) is 11.5 Å². The molecule has 0 amide bonds. The van der Waals surface area contributed by atoms with Crippen molar-refractivity contribution >= 4 is 32.4 Å². The highest BCUT2D eigenvalue weighted by Gasteiger charge is 2.32. The lowest BCUT2D eigenvalue weighted by Crippen LogP contribution is -2.36. The Bertz CT molecular complexity index is 1680. The van der Waals surface area contributed by atoms with Crippen molar-refractivity contribution < 1.29 is 8.42 Å². The molecule has 180 valence electrons. The van der Waals surface area contributed by atoms with Crippen LogP contribution in [0.1, 0.15) is 16.8 Å². The Labute approximate surface area is 209 Å². The molecular weight excluding hydrogens is 472 g/mol. The van der Waals surface area contributed by atoms with Crippen molar-refractivity contribution in [3.8, 4) is 5.69 Å². The second-order valence-corrected chi connectivity index (χ2v) is 10.7. The zero-order chi connectivity index (χ0) is 24.7. The number of aromatic nitrogens is 4. The lowest BCUT2D eigenvalue weighted by molar-refractivity contribution is 0.391. The van der Waals surface area contributed by atoms with Gasteiger partial charge in [0.25, 0.3) is 0 Å². The summed E-state index contributed by atoms with van der Waals surface area (Å²) >= 11 is 0. The third kappa shape index (κ3) is 3.92. The van der Waals surface area contributed by atoms with Crippen molar-refractivity contribution in [3.63, 3.8) is 0 Å². The normalized spacial score (nSPS) is 14.0. The van der Waals surface area contributed by atoms with Gasteiger partial charge in [0, 0.05) is 30.2 Å². The van der Waals surface area contributed by atoms with Gasteiger partial charge in [0.05, 0.1) is 35.0 Å². The molecule has 0 radical (unpaired) electrons. The lowest BCUT2D eigenvalue weighted by Gasteiger charge is -2.29. The van der Waals surface area contributed by atoms with Crippen LogP contribution in [0.5, 0.6) is 0 Å². The van der Waals surface area contributed by atoms with Crippen LogP contribution in [0.2, 0.25) is 0 Å². The number of sulfonamides is 1. The van der Waals surface area contributed by atoms with E-state index in [1.54, 1.807) is 24.0 Å². The van der Waals surface area contributed by atoms with Crippen LogP contribution in [-0.2, 0) is 23.0 Å². The maximum atomic E-state index is 13.6. The fraction of sp³-hybridized carbons (Fsp3) is 0.148. The van der Waals surface area contributed by atoms with Crippen LogP contribution in [0, 0.1) is 6.92 Å². The quantitative estimate of drug-likeness (QED) is 0.382. The van der Waals surface area contributed by atoms with E-state index in [4.69, 9.17) is 0 Å². The van der Waals surface area contributed by atoms with Crippen LogP contribution in [-0.4, -0.2) is 39.0 Å². The Morgan fingerprint density at radius 2 is 1.75 bits per heavy atom. The highest BCUT2D eigenvalue weighted by atomic mass is 32.2. The van der Waals surface area contributed by atoms with E-state index in [-0.39, 0.29) is 11.4 Å². The van der Waals surface area contributed by atoms with E-state index in [9.17, 15) is 8.42 Å². The Morgan fingerprint density at radius 3 is 2.61 bits per heavy atom. The maximum Gasteiger partial charge on any atom is 0.246 e. The zero-order valence-corrected chi connectivity index (χ0v) is 20.5.